The first-order chi connectivity index (χ1) is 14.8. The maximum absolute atomic E-state index is 13.9. The van der Waals surface area contributed by atoms with Crippen LogP contribution >= 0.6 is 0 Å². The molecule has 2 rings (SSSR count). The molecule has 31 heavy (non-hydrogen) atoms. The van der Waals surface area contributed by atoms with E-state index in [-0.39, 0.29) is 5.92 Å². The molecule has 168 valence electrons. The zero-order valence-corrected chi connectivity index (χ0v) is 18.5. The Hall–Kier alpha value is -2.80. The third-order valence-electron chi connectivity index (χ3n) is 5.29. The van der Waals surface area contributed by atoms with Crippen molar-refractivity contribution in [1.82, 2.24) is 15.5 Å². The average molecular weight is 432 g/mol. The van der Waals surface area contributed by atoms with E-state index in [1.54, 1.807) is 13.8 Å². The molecule has 2 aromatic rings. The van der Waals surface area contributed by atoms with Crippen LogP contribution in [0.4, 0.5) is 8.78 Å². The third-order valence-corrected chi connectivity index (χ3v) is 5.29. The van der Waals surface area contributed by atoms with Gasteiger partial charge in [-0.15, -0.1) is 0 Å². The van der Waals surface area contributed by atoms with Gasteiger partial charge in [0.1, 0.15) is 23.2 Å². The second-order valence-electron chi connectivity index (χ2n) is 7.74. The summed E-state index contributed by atoms with van der Waals surface area (Å²) in [4.78, 5) is 27.5. The Labute approximate surface area is 182 Å². The summed E-state index contributed by atoms with van der Waals surface area (Å²) in [6.07, 6.45) is 0. The van der Waals surface area contributed by atoms with Crippen LogP contribution in [0, 0.1) is 17.6 Å². The van der Waals surface area contributed by atoms with E-state index < -0.39 is 35.1 Å². The van der Waals surface area contributed by atoms with Crippen LogP contribution in [0.5, 0.6) is 0 Å². The molecule has 0 bridgehead atoms. The standard InChI is InChI=1S/C24H31F2N3O2/c1-5-29(6-2)15-18-11-8-7-10-17(18)14-27-24(31)22(16(3)4)28-23(30)21-19(25)12-9-13-20(21)26/h7-13,16,22H,5-6,14-15H2,1-4H3,(H,27,31)(H,28,30)/t22-/m0/s1. The molecular weight excluding hydrogens is 400 g/mol. The minimum atomic E-state index is -0.967. The van der Waals surface area contributed by atoms with Crippen molar-refractivity contribution < 1.29 is 18.4 Å². The number of hydrogen-bond donors (Lipinski definition) is 2. The number of nitrogens with one attached hydrogen (secondary N) is 2. The van der Waals surface area contributed by atoms with Gasteiger partial charge in [0.25, 0.3) is 5.91 Å². The van der Waals surface area contributed by atoms with Crippen molar-refractivity contribution in [3.63, 3.8) is 0 Å². The van der Waals surface area contributed by atoms with Gasteiger partial charge in [-0.1, -0.05) is 58.0 Å². The molecule has 0 heterocycles. The molecule has 2 N–H and O–H groups in total. The minimum Gasteiger partial charge on any atom is -0.350 e. The molecule has 0 unspecified atom stereocenters. The second kappa shape index (κ2) is 11.6. The Kier molecular flexibility index (Phi) is 9.12. The lowest BCUT2D eigenvalue weighted by atomic mass is 10.0. The van der Waals surface area contributed by atoms with Crippen molar-refractivity contribution in [2.45, 2.75) is 46.8 Å². The number of amides is 2. The van der Waals surface area contributed by atoms with Gasteiger partial charge in [-0.05, 0) is 42.3 Å². The zero-order valence-electron chi connectivity index (χ0n) is 18.5. The number of nitrogens with zero attached hydrogens (tertiary/aromatic N) is 1. The normalized spacial score (nSPS) is 12.1. The van der Waals surface area contributed by atoms with Gasteiger partial charge in [0, 0.05) is 13.1 Å². The molecule has 0 fully saturated rings. The van der Waals surface area contributed by atoms with Crippen molar-refractivity contribution >= 4 is 11.8 Å². The molecule has 0 aromatic heterocycles. The Morgan fingerprint density at radius 2 is 1.52 bits per heavy atom. The number of halogens is 2. The molecule has 0 aliphatic carbocycles. The van der Waals surface area contributed by atoms with Gasteiger partial charge < -0.3 is 10.6 Å². The van der Waals surface area contributed by atoms with E-state index in [0.29, 0.717) is 6.54 Å². The van der Waals surface area contributed by atoms with Crippen LogP contribution in [0.2, 0.25) is 0 Å². The summed E-state index contributed by atoms with van der Waals surface area (Å²) in [7, 11) is 0. The third kappa shape index (κ3) is 6.59. The molecule has 0 spiro atoms. The van der Waals surface area contributed by atoms with Crippen LogP contribution in [-0.2, 0) is 17.9 Å². The highest BCUT2D eigenvalue weighted by molar-refractivity contribution is 5.98. The molecule has 0 aliphatic heterocycles. The highest BCUT2D eigenvalue weighted by Crippen LogP contribution is 2.14. The fourth-order valence-electron chi connectivity index (χ4n) is 3.33. The maximum atomic E-state index is 13.9. The summed E-state index contributed by atoms with van der Waals surface area (Å²) >= 11 is 0. The van der Waals surface area contributed by atoms with Gasteiger partial charge in [0.15, 0.2) is 0 Å². The molecular formula is C24H31F2N3O2. The van der Waals surface area contributed by atoms with Crippen molar-refractivity contribution in [3.8, 4) is 0 Å². The first kappa shape index (κ1) is 24.5. The van der Waals surface area contributed by atoms with E-state index in [4.69, 9.17) is 0 Å². The van der Waals surface area contributed by atoms with E-state index in [1.807, 2.05) is 24.3 Å². The maximum Gasteiger partial charge on any atom is 0.257 e. The lowest BCUT2D eigenvalue weighted by Crippen LogP contribution is -2.49. The van der Waals surface area contributed by atoms with Crippen molar-refractivity contribution in [2.75, 3.05) is 13.1 Å². The van der Waals surface area contributed by atoms with Crippen LogP contribution in [0.3, 0.4) is 0 Å². The Morgan fingerprint density at radius 1 is 0.935 bits per heavy atom. The number of carbonyl (C=O) groups excluding carboxylic acids is 2. The first-order valence-corrected chi connectivity index (χ1v) is 10.6. The topological polar surface area (TPSA) is 61.4 Å². The smallest absolute Gasteiger partial charge is 0.257 e. The molecule has 1 atom stereocenters. The van der Waals surface area contributed by atoms with Gasteiger partial charge in [0.2, 0.25) is 5.91 Å². The molecule has 0 saturated heterocycles. The van der Waals surface area contributed by atoms with Gasteiger partial charge in [0.05, 0.1) is 0 Å². The highest BCUT2D eigenvalue weighted by Gasteiger charge is 2.27. The molecule has 2 amide bonds. The van der Waals surface area contributed by atoms with Gasteiger partial charge >= 0.3 is 0 Å². The molecule has 0 radical (unpaired) electrons. The van der Waals surface area contributed by atoms with Crippen LogP contribution in [0.25, 0.3) is 0 Å². The van der Waals surface area contributed by atoms with E-state index in [9.17, 15) is 18.4 Å². The summed E-state index contributed by atoms with van der Waals surface area (Å²) in [5.41, 5.74) is 1.41. The number of hydrogen-bond acceptors (Lipinski definition) is 3. The SMILES string of the molecule is CCN(CC)Cc1ccccc1CNC(=O)[C@@H](NC(=O)c1c(F)cccc1F)C(C)C. The van der Waals surface area contributed by atoms with Crippen molar-refractivity contribution in [1.29, 1.82) is 0 Å². The van der Waals surface area contributed by atoms with Crippen LogP contribution in [0.15, 0.2) is 42.5 Å². The van der Waals surface area contributed by atoms with Crippen LogP contribution in [-0.4, -0.2) is 35.8 Å². The summed E-state index contributed by atoms with van der Waals surface area (Å²) < 4.78 is 27.8. The largest absolute Gasteiger partial charge is 0.350 e. The highest BCUT2D eigenvalue weighted by atomic mass is 19.1. The molecule has 0 saturated carbocycles. The predicted molar refractivity (Wildman–Crippen MR) is 117 cm³/mol. The zero-order chi connectivity index (χ0) is 23.0. The second-order valence-corrected chi connectivity index (χ2v) is 7.74. The summed E-state index contributed by atoms with van der Waals surface area (Å²) in [6, 6.07) is 10.1. The number of rotatable bonds is 10. The number of carbonyl (C=O) groups is 2. The minimum absolute atomic E-state index is 0.273. The van der Waals surface area contributed by atoms with Crippen LogP contribution < -0.4 is 10.6 Å². The van der Waals surface area contributed by atoms with E-state index in [2.05, 4.69) is 29.4 Å². The summed E-state index contributed by atoms with van der Waals surface area (Å²) in [6.45, 7) is 10.6. The lowest BCUT2D eigenvalue weighted by molar-refractivity contribution is -0.124. The Bertz CT molecular complexity index is 878. The van der Waals surface area contributed by atoms with E-state index in [1.165, 1.54) is 6.07 Å². The van der Waals surface area contributed by atoms with E-state index in [0.717, 1.165) is 42.9 Å². The molecule has 0 aliphatic rings. The predicted octanol–water partition coefficient (Wildman–Crippen LogP) is 3.88. The Balaban J connectivity index is 2.10. The van der Waals surface area contributed by atoms with Gasteiger partial charge in [-0.2, -0.15) is 0 Å². The first-order valence-electron chi connectivity index (χ1n) is 10.6. The molecule has 2 aromatic carbocycles. The van der Waals surface area contributed by atoms with Crippen molar-refractivity contribution in [2.24, 2.45) is 5.92 Å². The summed E-state index contributed by atoms with van der Waals surface area (Å²) in [5.74, 6) is -3.56. The van der Waals surface area contributed by atoms with Crippen LogP contribution in [0.1, 0.15) is 49.2 Å². The Morgan fingerprint density at radius 3 is 2.06 bits per heavy atom. The average Bonchev–Trinajstić information content (AvgIpc) is 2.74. The lowest BCUT2D eigenvalue weighted by Gasteiger charge is -2.23. The number of benzene rings is 2. The van der Waals surface area contributed by atoms with Crippen molar-refractivity contribution in [3.05, 3.63) is 70.8 Å². The molecule has 5 nitrogen and oxygen atoms in total. The fraction of sp³-hybridized carbons (Fsp3) is 0.417. The van der Waals surface area contributed by atoms with E-state index >= 15 is 0 Å². The molecule has 7 heteroatoms. The van der Waals surface area contributed by atoms with Gasteiger partial charge in [-0.25, -0.2) is 8.78 Å². The fourth-order valence-corrected chi connectivity index (χ4v) is 3.33. The summed E-state index contributed by atoms with van der Waals surface area (Å²) in [5, 5.41) is 5.33. The quantitative estimate of drug-likeness (QED) is 0.600. The monoisotopic (exact) mass is 431 g/mol. The van der Waals surface area contributed by atoms with Gasteiger partial charge in [-0.3, -0.25) is 14.5 Å².